The van der Waals surface area contributed by atoms with E-state index < -0.39 is 17.6 Å². The van der Waals surface area contributed by atoms with E-state index in [4.69, 9.17) is 0 Å². The molecule has 0 unspecified atom stereocenters. The van der Waals surface area contributed by atoms with Crippen molar-refractivity contribution in [3.8, 4) is 0 Å². The van der Waals surface area contributed by atoms with Gasteiger partial charge < -0.3 is 5.32 Å². The molecule has 0 saturated carbocycles. The van der Waals surface area contributed by atoms with Gasteiger partial charge in [-0.15, -0.1) is 0 Å². The summed E-state index contributed by atoms with van der Waals surface area (Å²) < 4.78 is 13.5. The topological polar surface area (TPSA) is 62.3 Å². The van der Waals surface area contributed by atoms with Crippen LogP contribution in [-0.2, 0) is 16.1 Å². The minimum absolute atomic E-state index is 0.105. The van der Waals surface area contributed by atoms with Gasteiger partial charge in [0.25, 0.3) is 11.8 Å². The predicted molar refractivity (Wildman–Crippen MR) is 113 cm³/mol. The number of nitrogens with one attached hydrogen (secondary N) is 1. The van der Waals surface area contributed by atoms with Crippen molar-refractivity contribution < 1.29 is 14.0 Å². The number of aromatic nitrogens is 1. The highest BCUT2D eigenvalue weighted by molar-refractivity contribution is 6.36. The van der Waals surface area contributed by atoms with Crippen LogP contribution in [0, 0.1) is 19.7 Å². The Balaban J connectivity index is 1.77. The minimum Gasteiger partial charge on any atom is -0.350 e. The summed E-state index contributed by atoms with van der Waals surface area (Å²) in [5, 5.41) is 3.17. The number of hydrogen-bond donors (Lipinski definition) is 1. The molecule has 0 saturated heterocycles. The van der Waals surface area contributed by atoms with Gasteiger partial charge in [-0.1, -0.05) is 30.3 Å². The van der Waals surface area contributed by atoms with Gasteiger partial charge in [0.15, 0.2) is 0 Å². The zero-order chi connectivity index (χ0) is 21.3. The largest absolute Gasteiger partial charge is 0.350 e. The van der Waals surface area contributed by atoms with E-state index in [-0.39, 0.29) is 17.8 Å². The maximum atomic E-state index is 13.5. The zero-order valence-corrected chi connectivity index (χ0v) is 16.6. The highest BCUT2D eigenvalue weighted by Crippen LogP contribution is 2.32. The molecule has 30 heavy (non-hydrogen) atoms. The van der Waals surface area contributed by atoms with E-state index in [9.17, 15) is 14.0 Å². The van der Waals surface area contributed by atoms with Crippen LogP contribution in [-0.4, -0.2) is 21.7 Å². The number of aryl methyl sites for hydroxylation is 1. The minimum atomic E-state index is -0.428. The zero-order valence-electron chi connectivity index (χ0n) is 16.6. The SMILES string of the molecule is Cc1cccc(NC2=C(c3ccc(F)cc3)C(=O)N(Cc3cccnc3)C2=O)c1C. The summed E-state index contributed by atoms with van der Waals surface area (Å²) in [4.78, 5) is 31.7. The van der Waals surface area contributed by atoms with Gasteiger partial charge in [-0.05, 0) is 60.4 Å². The molecule has 1 aliphatic heterocycles. The van der Waals surface area contributed by atoms with Crippen molar-refractivity contribution in [1.29, 1.82) is 0 Å². The van der Waals surface area contributed by atoms with Gasteiger partial charge in [-0.3, -0.25) is 19.5 Å². The Kier molecular flexibility index (Phi) is 5.14. The van der Waals surface area contributed by atoms with Crippen LogP contribution in [0.15, 0.2) is 72.7 Å². The molecule has 0 bridgehead atoms. The summed E-state index contributed by atoms with van der Waals surface area (Å²) >= 11 is 0. The van der Waals surface area contributed by atoms with Crippen molar-refractivity contribution >= 4 is 23.1 Å². The van der Waals surface area contributed by atoms with Gasteiger partial charge in [0.1, 0.15) is 11.5 Å². The molecule has 0 fully saturated rings. The summed E-state index contributed by atoms with van der Waals surface area (Å²) in [5.74, 6) is -1.26. The van der Waals surface area contributed by atoms with Gasteiger partial charge in [0.2, 0.25) is 0 Å². The first-order valence-electron chi connectivity index (χ1n) is 9.54. The number of carbonyl (C=O) groups is 2. The lowest BCUT2D eigenvalue weighted by Crippen LogP contribution is -2.32. The molecule has 2 amide bonds. The van der Waals surface area contributed by atoms with E-state index >= 15 is 0 Å². The average Bonchev–Trinajstić information content (AvgIpc) is 2.97. The Morgan fingerprint density at radius 2 is 1.73 bits per heavy atom. The van der Waals surface area contributed by atoms with Gasteiger partial charge in [-0.25, -0.2) is 4.39 Å². The Hall–Kier alpha value is -3.80. The van der Waals surface area contributed by atoms with E-state index in [1.165, 1.54) is 29.2 Å². The molecule has 0 spiro atoms. The van der Waals surface area contributed by atoms with Crippen LogP contribution in [0.5, 0.6) is 0 Å². The summed E-state index contributed by atoms with van der Waals surface area (Å²) in [6.07, 6.45) is 3.25. The number of anilines is 1. The van der Waals surface area contributed by atoms with Crippen LogP contribution >= 0.6 is 0 Å². The summed E-state index contributed by atoms with van der Waals surface area (Å²) in [7, 11) is 0. The van der Waals surface area contributed by atoms with E-state index in [2.05, 4.69) is 10.3 Å². The van der Waals surface area contributed by atoms with Gasteiger partial charge in [-0.2, -0.15) is 0 Å². The molecule has 1 N–H and O–H groups in total. The Labute approximate surface area is 173 Å². The standard InChI is InChI=1S/C24H20FN3O2/c1-15-5-3-7-20(16(15)2)27-22-21(18-8-10-19(25)11-9-18)23(29)28(24(22)30)14-17-6-4-12-26-13-17/h3-13,27H,14H2,1-2H3. The molecular weight excluding hydrogens is 381 g/mol. The lowest BCUT2D eigenvalue weighted by Gasteiger charge is -2.16. The first kappa shape index (κ1) is 19.5. The lowest BCUT2D eigenvalue weighted by molar-refractivity contribution is -0.137. The van der Waals surface area contributed by atoms with Crippen LogP contribution in [0.1, 0.15) is 22.3 Å². The number of carbonyl (C=O) groups excluding carboxylic acids is 2. The summed E-state index contributed by atoms with van der Waals surface area (Å²) in [6, 6.07) is 14.9. The van der Waals surface area contributed by atoms with Crippen molar-refractivity contribution in [3.63, 3.8) is 0 Å². The second kappa shape index (κ2) is 7.91. The maximum Gasteiger partial charge on any atom is 0.278 e. The van der Waals surface area contributed by atoms with E-state index in [1.54, 1.807) is 24.5 Å². The molecule has 0 aliphatic carbocycles. The Morgan fingerprint density at radius 3 is 2.43 bits per heavy atom. The van der Waals surface area contributed by atoms with Crippen LogP contribution in [0.3, 0.4) is 0 Å². The number of halogens is 1. The van der Waals surface area contributed by atoms with Gasteiger partial charge >= 0.3 is 0 Å². The smallest absolute Gasteiger partial charge is 0.278 e. The molecule has 4 rings (SSSR count). The van der Waals surface area contributed by atoms with Crippen molar-refractivity contribution in [2.45, 2.75) is 20.4 Å². The van der Waals surface area contributed by atoms with Crippen molar-refractivity contribution in [1.82, 2.24) is 9.88 Å². The highest BCUT2D eigenvalue weighted by Gasteiger charge is 2.39. The Morgan fingerprint density at radius 1 is 0.967 bits per heavy atom. The number of imide groups is 1. The van der Waals surface area contributed by atoms with E-state index in [0.717, 1.165) is 22.4 Å². The normalized spacial score (nSPS) is 13.9. The second-order valence-corrected chi connectivity index (χ2v) is 7.19. The molecule has 1 aliphatic rings. The van der Waals surface area contributed by atoms with Crippen LogP contribution in [0.25, 0.3) is 5.57 Å². The van der Waals surface area contributed by atoms with Crippen molar-refractivity contribution in [3.05, 3.63) is 101 Å². The average molecular weight is 401 g/mol. The molecule has 2 heterocycles. The number of rotatable bonds is 5. The molecule has 0 radical (unpaired) electrons. The number of hydrogen-bond acceptors (Lipinski definition) is 4. The molecule has 1 aromatic heterocycles. The first-order chi connectivity index (χ1) is 14.5. The molecule has 0 atom stereocenters. The van der Waals surface area contributed by atoms with Crippen LogP contribution in [0.2, 0.25) is 0 Å². The van der Waals surface area contributed by atoms with Gasteiger partial charge in [0.05, 0.1) is 12.1 Å². The van der Waals surface area contributed by atoms with Gasteiger partial charge in [0, 0.05) is 18.1 Å². The molecule has 150 valence electrons. The Bertz CT molecular complexity index is 1150. The van der Waals surface area contributed by atoms with Crippen molar-refractivity contribution in [2.75, 3.05) is 5.32 Å². The fourth-order valence-electron chi connectivity index (χ4n) is 3.42. The molecule has 2 aromatic carbocycles. The first-order valence-corrected chi connectivity index (χ1v) is 9.54. The monoisotopic (exact) mass is 401 g/mol. The summed E-state index contributed by atoms with van der Waals surface area (Å²) in [5.41, 5.74) is 4.42. The molecule has 5 nitrogen and oxygen atoms in total. The van der Waals surface area contributed by atoms with E-state index in [0.29, 0.717) is 5.56 Å². The third-order valence-corrected chi connectivity index (χ3v) is 5.23. The molecule has 3 aromatic rings. The number of nitrogens with zero attached hydrogens (tertiary/aromatic N) is 2. The van der Waals surface area contributed by atoms with E-state index in [1.807, 2.05) is 32.0 Å². The molecule has 6 heteroatoms. The fourth-order valence-corrected chi connectivity index (χ4v) is 3.42. The third kappa shape index (κ3) is 3.59. The lowest BCUT2D eigenvalue weighted by atomic mass is 10.0. The third-order valence-electron chi connectivity index (χ3n) is 5.23. The number of benzene rings is 2. The predicted octanol–water partition coefficient (Wildman–Crippen LogP) is 4.23. The highest BCUT2D eigenvalue weighted by atomic mass is 19.1. The van der Waals surface area contributed by atoms with Crippen LogP contribution in [0.4, 0.5) is 10.1 Å². The van der Waals surface area contributed by atoms with Crippen molar-refractivity contribution in [2.24, 2.45) is 0 Å². The number of amides is 2. The second-order valence-electron chi connectivity index (χ2n) is 7.19. The summed E-state index contributed by atoms with van der Waals surface area (Å²) in [6.45, 7) is 4.03. The number of pyridine rings is 1. The molecular formula is C24H20FN3O2. The quantitative estimate of drug-likeness (QED) is 0.650. The fraction of sp³-hybridized carbons (Fsp3) is 0.125. The maximum absolute atomic E-state index is 13.5. The van der Waals surface area contributed by atoms with Crippen LogP contribution < -0.4 is 5.32 Å².